The predicted molar refractivity (Wildman–Crippen MR) is 265 cm³/mol. The number of primary amides is 1. The SMILES string of the molecule is CCCCCNC(=O)c1ccc2c3ccc(N(c4ccc(C(C)(C)CC(C)(C)C)cc4)c4ccc(C(C)(C)CC(C)(C)C)cc4)c4cc(Br)cc(c5ccc(C(N)=O)c1c25)c43. The number of carbonyl (C=O) groups is 2. The highest BCUT2D eigenvalue weighted by molar-refractivity contribution is 9.10. The molecule has 6 heteroatoms. The Balaban J connectivity index is 1.47. The van der Waals surface area contributed by atoms with E-state index < -0.39 is 5.91 Å². The Kier molecular flexibility index (Phi) is 11.9. The normalized spacial score (nSPS) is 12.9. The standard InChI is InChI=1S/C55H64BrN3O2/c1-12-13-14-29-58-51(61)43-26-24-40-39-27-28-46(45-31-36(56)30-44(47(39)45)41-23-25-42(50(57)60)49(43)48(40)41)59(37-19-15-34(16-20-37)54(8,9)32-52(2,3)4)38-21-17-35(18-22-38)55(10,11)33-53(5,6)7/h15-28,30-31H,12-14,29,32-33H2,1-11H3,(H2,57,60)(H,58,61). The molecule has 7 aromatic rings. The number of unbranched alkanes of at least 4 members (excludes halogenated alkanes) is 2. The van der Waals surface area contributed by atoms with E-state index in [9.17, 15) is 9.59 Å². The molecule has 0 atom stereocenters. The maximum atomic E-state index is 13.8. The molecule has 7 aromatic carbocycles. The average molecular weight is 879 g/mol. The van der Waals surface area contributed by atoms with E-state index in [1.54, 1.807) is 6.07 Å². The minimum atomic E-state index is -0.555. The second kappa shape index (κ2) is 16.4. The first-order valence-corrected chi connectivity index (χ1v) is 22.9. The van der Waals surface area contributed by atoms with Gasteiger partial charge in [0, 0.05) is 44.3 Å². The Labute approximate surface area is 371 Å². The van der Waals surface area contributed by atoms with E-state index in [1.165, 1.54) is 11.1 Å². The highest BCUT2D eigenvalue weighted by atomic mass is 79.9. The van der Waals surface area contributed by atoms with Crippen LogP contribution in [0.25, 0.3) is 43.1 Å². The van der Waals surface area contributed by atoms with Crippen LogP contribution in [-0.4, -0.2) is 18.4 Å². The fraction of sp³-hybridized carbons (Fsp3) is 0.382. The van der Waals surface area contributed by atoms with Crippen molar-refractivity contribution >= 4 is 87.9 Å². The Morgan fingerprint density at radius 3 is 1.56 bits per heavy atom. The third kappa shape index (κ3) is 8.89. The van der Waals surface area contributed by atoms with Crippen molar-refractivity contribution in [3.8, 4) is 0 Å². The predicted octanol–water partition coefficient (Wildman–Crippen LogP) is 15.4. The zero-order valence-corrected chi connectivity index (χ0v) is 39.8. The summed E-state index contributed by atoms with van der Waals surface area (Å²) in [6.07, 6.45) is 5.13. The van der Waals surface area contributed by atoms with Gasteiger partial charge >= 0.3 is 0 Å². The van der Waals surface area contributed by atoms with Gasteiger partial charge in [-0.25, -0.2) is 0 Å². The zero-order chi connectivity index (χ0) is 44.2. The van der Waals surface area contributed by atoms with Crippen molar-refractivity contribution < 1.29 is 9.59 Å². The van der Waals surface area contributed by atoms with Gasteiger partial charge in [-0.3, -0.25) is 9.59 Å². The molecule has 7 rings (SSSR count). The van der Waals surface area contributed by atoms with Crippen LogP contribution in [0, 0.1) is 10.8 Å². The van der Waals surface area contributed by atoms with Crippen LogP contribution in [-0.2, 0) is 10.8 Å². The Morgan fingerprint density at radius 2 is 1.05 bits per heavy atom. The highest BCUT2D eigenvalue weighted by Crippen LogP contribution is 2.49. The van der Waals surface area contributed by atoms with E-state index in [0.717, 1.165) is 91.3 Å². The molecule has 2 amide bonds. The minimum absolute atomic E-state index is 0.00535. The molecule has 0 aliphatic rings. The Morgan fingerprint density at radius 1 is 0.574 bits per heavy atom. The summed E-state index contributed by atoms with van der Waals surface area (Å²) in [7, 11) is 0. The number of halogens is 1. The Hall–Kier alpha value is -4.94. The molecular formula is C55H64BrN3O2. The van der Waals surface area contributed by atoms with Crippen LogP contribution in [0.3, 0.4) is 0 Å². The topological polar surface area (TPSA) is 75.4 Å². The van der Waals surface area contributed by atoms with E-state index in [2.05, 4.69) is 175 Å². The van der Waals surface area contributed by atoms with E-state index in [4.69, 9.17) is 5.73 Å². The van der Waals surface area contributed by atoms with Crippen molar-refractivity contribution in [3.63, 3.8) is 0 Å². The van der Waals surface area contributed by atoms with Crippen LogP contribution < -0.4 is 16.0 Å². The number of hydrogen-bond donors (Lipinski definition) is 2. The van der Waals surface area contributed by atoms with Crippen molar-refractivity contribution in [2.75, 3.05) is 11.4 Å². The first kappa shape index (κ1) is 44.1. The largest absolute Gasteiger partial charge is 0.366 e. The van der Waals surface area contributed by atoms with Gasteiger partial charge in [0.15, 0.2) is 0 Å². The molecule has 0 saturated heterocycles. The molecule has 0 unspecified atom stereocenters. The lowest BCUT2D eigenvalue weighted by atomic mass is 9.72. The molecule has 0 aromatic heterocycles. The maximum absolute atomic E-state index is 13.8. The summed E-state index contributed by atoms with van der Waals surface area (Å²) in [5.41, 5.74) is 13.1. The van der Waals surface area contributed by atoms with Crippen molar-refractivity contribution in [2.45, 2.75) is 119 Å². The molecule has 5 nitrogen and oxygen atoms in total. The summed E-state index contributed by atoms with van der Waals surface area (Å²) < 4.78 is 0.937. The van der Waals surface area contributed by atoms with E-state index in [0.29, 0.717) is 23.1 Å². The number of amides is 2. The summed E-state index contributed by atoms with van der Waals surface area (Å²) in [4.78, 5) is 29.2. The summed E-state index contributed by atoms with van der Waals surface area (Å²) in [5.74, 6) is -0.750. The molecular weight excluding hydrogens is 815 g/mol. The van der Waals surface area contributed by atoms with Crippen molar-refractivity contribution in [1.82, 2.24) is 5.32 Å². The van der Waals surface area contributed by atoms with Crippen LogP contribution in [0.15, 0.2) is 102 Å². The number of nitrogens with zero attached hydrogens (tertiary/aromatic N) is 1. The van der Waals surface area contributed by atoms with Gasteiger partial charge < -0.3 is 16.0 Å². The number of hydrogen-bond acceptors (Lipinski definition) is 3. The number of fused-ring (bicyclic) bond motifs is 2. The zero-order valence-electron chi connectivity index (χ0n) is 38.2. The van der Waals surface area contributed by atoms with Gasteiger partial charge in [-0.2, -0.15) is 0 Å². The second-order valence-corrected chi connectivity index (χ2v) is 22.0. The summed E-state index contributed by atoms with van der Waals surface area (Å²) in [6.45, 7) is 26.0. The van der Waals surface area contributed by atoms with Crippen LogP contribution in [0.1, 0.15) is 140 Å². The first-order valence-electron chi connectivity index (χ1n) is 22.1. The summed E-state index contributed by atoms with van der Waals surface area (Å²) in [6, 6.07) is 34.9. The van der Waals surface area contributed by atoms with Crippen LogP contribution >= 0.6 is 15.9 Å². The quantitative estimate of drug-likeness (QED) is 0.0688. The number of benzene rings is 7. The molecule has 0 aliphatic heterocycles. The fourth-order valence-corrected chi connectivity index (χ4v) is 10.9. The van der Waals surface area contributed by atoms with Crippen molar-refractivity contribution in [3.05, 3.63) is 124 Å². The van der Waals surface area contributed by atoms with Crippen molar-refractivity contribution in [1.29, 1.82) is 0 Å². The van der Waals surface area contributed by atoms with Gasteiger partial charge in [0.1, 0.15) is 0 Å². The van der Waals surface area contributed by atoms with E-state index in [-0.39, 0.29) is 27.6 Å². The average Bonchev–Trinajstić information content (AvgIpc) is 3.17. The van der Waals surface area contributed by atoms with Gasteiger partial charge in [-0.15, -0.1) is 0 Å². The number of anilines is 3. The second-order valence-electron chi connectivity index (χ2n) is 21.1. The maximum Gasteiger partial charge on any atom is 0.251 e. The molecule has 3 N–H and O–H groups in total. The van der Waals surface area contributed by atoms with E-state index in [1.807, 2.05) is 18.2 Å². The monoisotopic (exact) mass is 877 g/mol. The van der Waals surface area contributed by atoms with Crippen LogP contribution in [0.4, 0.5) is 17.1 Å². The molecule has 0 heterocycles. The lowest BCUT2D eigenvalue weighted by Gasteiger charge is -2.34. The molecule has 0 radical (unpaired) electrons. The molecule has 0 saturated carbocycles. The fourth-order valence-electron chi connectivity index (χ4n) is 10.5. The lowest BCUT2D eigenvalue weighted by Crippen LogP contribution is -2.25. The number of carbonyl (C=O) groups excluding carboxylic acids is 2. The Bertz CT molecular complexity index is 2680. The first-order chi connectivity index (χ1) is 28.6. The van der Waals surface area contributed by atoms with Gasteiger partial charge in [0.05, 0.1) is 5.69 Å². The van der Waals surface area contributed by atoms with Crippen LogP contribution in [0.2, 0.25) is 0 Å². The third-order valence-electron chi connectivity index (χ3n) is 12.4. The molecule has 0 spiro atoms. The van der Waals surface area contributed by atoms with Gasteiger partial charge in [0.25, 0.3) is 5.91 Å². The molecule has 0 fully saturated rings. The number of nitrogens with two attached hydrogens (primary N) is 1. The van der Waals surface area contributed by atoms with Gasteiger partial charge in [-0.05, 0) is 139 Å². The van der Waals surface area contributed by atoms with Crippen molar-refractivity contribution in [2.24, 2.45) is 16.6 Å². The lowest BCUT2D eigenvalue weighted by molar-refractivity contribution is 0.0954. The molecule has 318 valence electrons. The van der Waals surface area contributed by atoms with Gasteiger partial charge in [0.2, 0.25) is 5.91 Å². The van der Waals surface area contributed by atoms with Crippen LogP contribution in [0.5, 0.6) is 0 Å². The molecule has 0 aliphatic carbocycles. The van der Waals surface area contributed by atoms with E-state index >= 15 is 0 Å². The third-order valence-corrected chi connectivity index (χ3v) is 12.8. The minimum Gasteiger partial charge on any atom is -0.366 e. The molecule has 0 bridgehead atoms. The smallest absolute Gasteiger partial charge is 0.251 e. The number of rotatable bonds is 13. The highest BCUT2D eigenvalue weighted by Gasteiger charge is 2.30. The summed E-state index contributed by atoms with van der Waals surface area (Å²) in [5, 5.41) is 10.8. The molecule has 61 heavy (non-hydrogen) atoms. The summed E-state index contributed by atoms with van der Waals surface area (Å²) >= 11 is 3.93. The number of nitrogens with one attached hydrogen (secondary N) is 1. The van der Waals surface area contributed by atoms with Gasteiger partial charge in [-0.1, -0.05) is 147 Å².